The van der Waals surface area contributed by atoms with E-state index in [1.165, 1.54) is 44.9 Å². The second kappa shape index (κ2) is 4.98. The summed E-state index contributed by atoms with van der Waals surface area (Å²) in [4.78, 5) is 12.6. The van der Waals surface area contributed by atoms with Crippen LogP contribution in [0.15, 0.2) is 0 Å². The van der Waals surface area contributed by atoms with Crippen LogP contribution < -0.4 is 0 Å². The van der Waals surface area contributed by atoms with E-state index in [1.807, 2.05) is 0 Å². The molecule has 4 aliphatic rings. The Labute approximate surface area is 112 Å². The minimum atomic E-state index is 0.470. The molecule has 0 amide bonds. The molecular formula is C17H28O. The molecule has 0 saturated heterocycles. The van der Waals surface area contributed by atoms with Crippen molar-refractivity contribution in [3.8, 4) is 0 Å². The van der Waals surface area contributed by atoms with Gasteiger partial charge in [-0.2, -0.15) is 0 Å². The smallest absolute Gasteiger partial charge is 0.136 e. The lowest BCUT2D eigenvalue weighted by molar-refractivity contribution is -0.136. The highest BCUT2D eigenvalue weighted by Gasteiger charge is 2.50. The first-order valence-electron chi connectivity index (χ1n) is 8.20. The molecular weight excluding hydrogens is 220 g/mol. The quantitative estimate of drug-likeness (QED) is 0.702. The van der Waals surface area contributed by atoms with Crippen LogP contribution in [0.3, 0.4) is 0 Å². The molecule has 1 nitrogen and oxygen atoms in total. The van der Waals surface area contributed by atoms with Crippen LogP contribution in [0.25, 0.3) is 0 Å². The van der Waals surface area contributed by atoms with Crippen molar-refractivity contribution in [2.24, 2.45) is 35.5 Å². The second-order valence-electron chi connectivity index (χ2n) is 7.52. The van der Waals surface area contributed by atoms with Crippen molar-refractivity contribution in [3.05, 3.63) is 0 Å². The molecule has 4 bridgehead atoms. The van der Waals surface area contributed by atoms with E-state index >= 15 is 0 Å². The van der Waals surface area contributed by atoms with Gasteiger partial charge in [-0.05, 0) is 61.7 Å². The zero-order valence-corrected chi connectivity index (χ0v) is 12.0. The van der Waals surface area contributed by atoms with Crippen LogP contribution in [-0.2, 0) is 4.79 Å². The predicted molar refractivity (Wildman–Crippen MR) is 74.2 cm³/mol. The van der Waals surface area contributed by atoms with E-state index in [4.69, 9.17) is 0 Å². The van der Waals surface area contributed by atoms with Crippen LogP contribution in [0.5, 0.6) is 0 Å². The Bertz CT molecular complexity index is 292. The van der Waals surface area contributed by atoms with Gasteiger partial charge in [-0.1, -0.05) is 26.7 Å². The molecule has 0 aromatic carbocycles. The molecule has 0 aliphatic heterocycles. The molecule has 1 atom stereocenters. The fourth-order valence-electron chi connectivity index (χ4n) is 5.53. The molecule has 0 spiro atoms. The molecule has 1 unspecified atom stereocenters. The van der Waals surface area contributed by atoms with Crippen LogP contribution in [-0.4, -0.2) is 5.78 Å². The zero-order valence-electron chi connectivity index (χ0n) is 12.0. The van der Waals surface area contributed by atoms with Gasteiger partial charge in [0.05, 0.1) is 0 Å². The molecule has 4 saturated carbocycles. The van der Waals surface area contributed by atoms with Crippen molar-refractivity contribution < 1.29 is 4.79 Å². The highest BCUT2D eigenvalue weighted by atomic mass is 16.1. The maximum atomic E-state index is 12.6. The molecule has 4 fully saturated rings. The monoisotopic (exact) mass is 248 g/mol. The van der Waals surface area contributed by atoms with Crippen molar-refractivity contribution in [3.63, 3.8) is 0 Å². The minimum Gasteiger partial charge on any atom is -0.299 e. The molecule has 0 heterocycles. The van der Waals surface area contributed by atoms with Crippen molar-refractivity contribution in [1.29, 1.82) is 0 Å². The van der Waals surface area contributed by atoms with E-state index in [-0.39, 0.29) is 0 Å². The summed E-state index contributed by atoms with van der Waals surface area (Å²) in [6.07, 6.45) is 10.3. The van der Waals surface area contributed by atoms with E-state index in [2.05, 4.69) is 13.8 Å². The number of hydrogen-bond donors (Lipinski definition) is 0. The first-order chi connectivity index (χ1) is 8.67. The van der Waals surface area contributed by atoms with Gasteiger partial charge < -0.3 is 0 Å². The maximum Gasteiger partial charge on any atom is 0.136 e. The Balaban J connectivity index is 1.64. The van der Waals surface area contributed by atoms with Crippen molar-refractivity contribution in [2.45, 2.75) is 65.2 Å². The summed E-state index contributed by atoms with van der Waals surface area (Å²) >= 11 is 0. The van der Waals surface area contributed by atoms with Crippen molar-refractivity contribution >= 4 is 5.78 Å². The van der Waals surface area contributed by atoms with Crippen LogP contribution in [0.2, 0.25) is 0 Å². The lowest BCUT2D eigenvalue weighted by Gasteiger charge is -2.54. The standard InChI is InChI=1S/C17H28O/c1-3-4-11(2)5-16(18)17-14-7-12-6-13(9-14)10-15(17)8-12/h11-15,17H,3-10H2,1-2H3. The maximum absolute atomic E-state index is 12.6. The van der Waals surface area contributed by atoms with Gasteiger partial charge in [-0.3, -0.25) is 4.79 Å². The topological polar surface area (TPSA) is 17.1 Å². The average molecular weight is 248 g/mol. The third kappa shape index (κ3) is 2.26. The highest BCUT2D eigenvalue weighted by Crippen LogP contribution is 2.57. The summed E-state index contributed by atoms with van der Waals surface area (Å²) in [7, 11) is 0. The van der Waals surface area contributed by atoms with Crippen LogP contribution >= 0.6 is 0 Å². The highest BCUT2D eigenvalue weighted by molar-refractivity contribution is 5.82. The molecule has 1 heteroatoms. The summed E-state index contributed by atoms with van der Waals surface area (Å²) in [6, 6.07) is 0. The van der Waals surface area contributed by atoms with E-state index in [0.29, 0.717) is 17.6 Å². The molecule has 0 aromatic heterocycles. The summed E-state index contributed by atoms with van der Waals surface area (Å²) in [5, 5.41) is 0. The summed E-state index contributed by atoms with van der Waals surface area (Å²) in [5.74, 6) is 5.25. The van der Waals surface area contributed by atoms with Gasteiger partial charge in [-0.15, -0.1) is 0 Å². The van der Waals surface area contributed by atoms with E-state index < -0.39 is 0 Å². The molecule has 4 aliphatic carbocycles. The fourth-order valence-corrected chi connectivity index (χ4v) is 5.53. The number of rotatable bonds is 5. The Kier molecular flexibility index (Phi) is 3.51. The first kappa shape index (κ1) is 12.7. The Hall–Kier alpha value is -0.330. The largest absolute Gasteiger partial charge is 0.299 e. The van der Waals surface area contributed by atoms with Gasteiger partial charge in [0.1, 0.15) is 5.78 Å². The van der Waals surface area contributed by atoms with Gasteiger partial charge >= 0.3 is 0 Å². The van der Waals surface area contributed by atoms with E-state index in [0.717, 1.165) is 30.1 Å². The number of carbonyl (C=O) groups excluding carboxylic acids is 1. The Morgan fingerprint density at radius 2 is 1.61 bits per heavy atom. The van der Waals surface area contributed by atoms with Gasteiger partial charge in [0.2, 0.25) is 0 Å². The Morgan fingerprint density at radius 3 is 2.11 bits per heavy atom. The lowest BCUT2D eigenvalue weighted by atomic mass is 9.51. The SMILES string of the molecule is CCCC(C)CC(=O)C1C2CC3CC(C2)CC1C3. The molecule has 0 radical (unpaired) electrons. The summed E-state index contributed by atoms with van der Waals surface area (Å²) in [5.41, 5.74) is 0. The van der Waals surface area contributed by atoms with Gasteiger partial charge in [-0.25, -0.2) is 0 Å². The lowest BCUT2D eigenvalue weighted by Crippen LogP contribution is -2.48. The van der Waals surface area contributed by atoms with Gasteiger partial charge in [0.15, 0.2) is 0 Å². The van der Waals surface area contributed by atoms with Crippen LogP contribution in [0.1, 0.15) is 65.2 Å². The minimum absolute atomic E-state index is 0.470. The fraction of sp³-hybridized carbons (Fsp3) is 0.941. The van der Waals surface area contributed by atoms with Crippen molar-refractivity contribution in [2.75, 3.05) is 0 Å². The number of Topliss-reactive ketones (excluding diaryl/α,β-unsaturated/α-hetero) is 1. The summed E-state index contributed by atoms with van der Waals surface area (Å²) < 4.78 is 0. The Morgan fingerprint density at radius 1 is 1.06 bits per heavy atom. The first-order valence-corrected chi connectivity index (χ1v) is 8.20. The number of hydrogen-bond acceptors (Lipinski definition) is 1. The molecule has 0 N–H and O–H groups in total. The van der Waals surface area contributed by atoms with Crippen molar-refractivity contribution in [1.82, 2.24) is 0 Å². The normalized spacial score (nSPS) is 43.1. The third-order valence-electron chi connectivity index (χ3n) is 5.93. The molecule has 0 aromatic rings. The molecule has 102 valence electrons. The zero-order chi connectivity index (χ0) is 12.7. The molecule has 18 heavy (non-hydrogen) atoms. The van der Waals surface area contributed by atoms with E-state index in [9.17, 15) is 4.79 Å². The summed E-state index contributed by atoms with van der Waals surface area (Å²) in [6.45, 7) is 4.49. The molecule has 4 rings (SSSR count). The third-order valence-corrected chi connectivity index (χ3v) is 5.93. The van der Waals surface area contributed by atoms with Crippen LogP contribution in [0.4, 0.5) is 0 Å². The van der Waals surface area contributed by atoms with Crippen LogP contribution in [0, 0.1) is 35.5 Å². The van der Waals surface area contributed by atoms with Gasteiger partial charge in [0.25, 0.3) is 0 Å². The average Bonchev–Trinajstić information content (AvgIpc) is 2.27. The van der Waals surface area contributed by atoms with E-state index in [1.54, 1.807) is 0 Å². The number of carbonyl (C=O) groups is 1. The second-order valence-corrected chi connectivity index (χ2v) is 7.52. The number of ketones is 1. The van der Waals surface area contributed by atoms with Gasteiger partial charge in [0, 0.05) is 12.3 Å². The predicted octanol–water partition coefficient (Wildman–Crippen LogP) is 4.45.